The number of hydrogen-bond acceptors (Lipinski definition) is 5. The Morgan fingerprint density at radius 1 is 1.00 bits per heavy atom. The van der Waals surface area contributed by atoms with Crippen LogP contribution in [0.2, 0.25) is 0 Å². The normalized spacial score (nSPS) is 10.6. The Hall–Kier alpha value is -3.08. The van der Waals surface area contributed by atoms with Crippen LogP contribution in [0.25, 0.3) is 10.9 Å². The van der Waals surface area contributed by atoms with Gasteiger partial charge < -0.3 is 14.8 Å². The zero-order chi connectivity index (χ0) is 18.5. The fraction of sp³-hybridized carbons (Fsp3) is 0.238. The molecule has 0 atom stereocenters. The molecular formula is C21H22N2O3. The predicted molar refractivity (Wildman–Crippen MR) is 104 cm³/mol. The first-order valence-corrected chi connectivity index (χ1v) is 8.69. The van der Waals surface area contributed by atoms with Crippen molar-refractivity contribution >= 4 is 28.1 Å². The molecule has 1 N–H and O–H groups in total. The van der Waals surface area contributed by atoms with Crippen molar-refractivity contribution in [3.8, 4) is 11.5 Å². The van der Waals surface area contributed by atoms with Crippen molar-refractivity contribution in [2.75, 3.05) is 18.5 Å². The smallest absolute Gasteiger partial charge is 0.163 e. The third-order valence-corrected chi connectivity index (χ3v) is 3.98. The van der Waals surface area contributed by atoms with Crippen LogP contribution in [0.5, 0.6) is 11.5 Å². The number of carbonyl (C=O) groups excluding carboxylic acids is 1. The topological polar surface area (TPSA) is 60.5 Å². The number of hydrogen-bond donors (Lipinski definition) is 1. The molecule has 0 aliphatic heterocycles. The molecule has 0 aliphatic rings. The number of fused-ring (bicyclic) bond motifs is 1. The van der Waals surface area contributed by atoms with Crippen LogP contribution < -0.4 is 14.8 Å². The molecule has 5 nitrogen and oxygen atoms in total. The Morgan fingerprint density at radius 3 is 2.38 bits per heavy atom. The average Bonchev–Trinajstić information content (AvgIpc) is 2.63. The van der Waals surface area contributed by atoms with Crippen LogP contribution in [0.3, 0.4) is 0 Å². The summed E-state index contributed by atoms with van der Waals surface area (Å²) >= 11 is 0. The van der Waals surface area contributed by atoms with Crippen LogP contribution in [0.4, 0.5) is 11.4 Å². The summed E-state index contributed by atoms with van der Waals surface area (Å²) in [7, 11) is 0. The number of ketones is 1. The van der Waals surface area contributed by atoms with Crippen LogP contribution in [0.1, 0.15) is 31.1 Å². The van der Waals surface area contributed by atoms with Crippen LogP contribution in [-0.4, -0.2) is 24.0 Å². The molecule has 1 heterocycles. The molecule has 26 heavy (non-hydrogen) atoms. The SMILES string of the molecule is CCOc1cc2nccc(Nc3ccccc3C(C)=O)c2cc1OCC. The Morgan fingerprint density at radius 2 is 1.69 bits per heavy atom. The van der Waals surface area contributed by atoms with Crippen molar-refractivity contribution in [1.29, 1.82) is 0 Å². The Balaban J connectivity index is 2.09. The number of aromatic nitrogens is 1. The number of carbonyl (C=O) groups is 1. The fourth-order valence-corrected chi connectivity index (χ4v) is 2.84. The van der Waals surface area contributed by atoms with Crippen LogP contribution in [-0.2, 0) is 0 Å². The lowest BCUT2D eigenvalue weighted by molar-refractivity contribution is 0.101. The summed E-state index contributed by atoms with van der Waals surface area (Å²) in [5.74, 6) is 1.37. The second kappa shape index (κ2) is 7.87. The largest absolute Gasteiger partial charge is 0.490 e. The van der Waals surface area contributed by atoms with E-state index in [4.69, 9.17) is 9.47 Å². The summed E-state index contributed by atoms with van der Waals surface area (Å²) in [6.45, 7) is 6.53. The zero-order valence-corrected chi connectivity index (χ0v) is 15.2. The molecule has 5 heteroatoms. The number of rotatable bonds is 7. The monoisotopic (exact) mass is 350 g/mol. The first kappa shape index (κ1) is 17.7. The van der Waals surface area contributed by atoms with Gasteiger partial charge in [-0.1, -0.05) is 12.1 Å². The van der Waals surface area contributed by atoms with Gasteiger partial charge in [-0.15, -0.1) is 0 Å². The zero-order valence-electron chi connectivity index (χ0n) is 15.2. The molecular weight excluding hydrogens is 328 g/mol. The van der Waals surface area contributed by atoms with Gasteiger partial charge in [-0.2, -0.15) is 0 Å². The quantitative estimate of drug-likeness (QED) is 0.609. The highest BCUT2D eigenvalue weighted by Gasteiger charge is 2.13. The maximum Gasteiger partial charge on any atom is 0.163 e. The minimum Gasteiger partial charge on any atom is -0.490 e. The van der Waals surface area contributed by atoms with Gasteiger partial charge in [0.05, 0.1) is 18.7 Å². The van der Waals surface area contributed by atoms with Crippen molar-refractivity contribution in [3.05, 3.63) is 54.2 Å². The number of pyridine rings is 1. The average molecular weight is 350 g/mol. The molecule has 2 aromatic carbocycles. The van der Waals surface area contributed by atoms with E-state index in [-0.39, 0.29) is 5.78 Å². The van der Waals surface area contributed by atoms with Gasteiger partial charge in [-0.3, -0.25) is 9.78 Å². The third kappa shape index (κ3) is 3.61. The third-order valence-electron chi connectivity index (χ3n) is 3.98. The van der Waals surface area contributed by atoms with Gasteiger partial charge in [0.2, 0.25) is 0 Å². The number of Topliss-reactive ketones (excluding diaryl/α,β-unsaturated/α-hetero) is 1. The van der Waals surface area contributed by atoms with E-state index in [0.717, 1.165) is 22.3 Å². The number of benzene rings is 2. The summed E-state index contributed by atoms with van der Waals surface area (Å²) in [5, 5.41) is 4.26. The molecule has 0 radical (unpaired) electrons. The van der Waals surface area contributed by atoms with Crippen molar-refractivity contribution < 1.29 is 14.3 Å². The minimum absolute atomic E-state index is 0.0140. The summed E-state index contributed by atoms with van der Waals surface area (Å²) < 4.78 is 11.4. The lowest BCUT2D eigenvalue weighted by Gasteiger charge is -2.15. The molecule has 1 aromatic heterocycles. The van der Waals surface area contributed by atoms with Gasteiger partial charge in [-0.25, -0.2) is 0 Å². The van der Waals surface area contributed by atoms with Crippen molar-refractivity contribution in [2.24, 2.45) is 0 Å². The van der Waals surface area contributed by atoms with E-state index in [1.807, 2.05) is 56.3 Å². The standard InChI is InChI=1S/C21H22N2O3/c1-4-25-20-12-16-18(10-11-22-19(16)13-21(20)26-5-2)23-17-9-7-6-8-15(17)14(3)24/h6-13H,4-5H2,1-3H3,(H,22,23). The van der Waals surface area contributed by atoms with Gasteiger partial charge in [0.15, 0.2) is 17.3 Å². The van der Waals surface area contributed by atoms with Gasteiger partial charge in [-0.05, 0) is 45.0 Å². The number of ether oxygens (including phenoxy) is 2. The van der Waals surface area contributed by atoms with Crippen molar-refractivity contribution in [2.45, 2.75) is 20.8 Å². The molecule has 0 spiro atoms. The van der Waals surface area contributed by atoms with Gasteiger partial charge in [0.1, 0.15) is 0 Å². The van der Waals surface area contributed by atoms with E-state index in [1.165, 1.54) is 0 Å². The first-order valence-electron chi connectivity index (χ1n) is 8.69. The van der Waals surface area contributed by atoms with E-state index in [9.17, 15) is 4.79 Å². The summed E-state index contributed by atoms with van der Waals surface area (Å²) in [4.78, 5) is 16.3. The number of anilines is 2. The maximum atomic E-state index is 11.9. The van der Waals surface area contributed by atoms with Crippen molar-refractivity contribution in [3.63, 3.8) is 0 Å². The van der Waals surface area contributed by atoms with Crippen molar-refractivity contribution in [1.82, 2.24) is 4.98 Å². The molecule has 3 rings (SSSR count). The number of nitrogens with one attached hydrogen (secondary N) is 1. The summed E-state index contributed by atoms with van der Waals surface area (Å²) in [5.41, 5.74) is 3.06. The number of para-hydroxylation sites is 1. The molecule has 0 saturated carbocycles. The Labute approximate surface area is 153 Å². The van der Waals surface area contributed by atoms with E-state index >= 15 is 0 Å². The molecule has 0 saturated heterocycles. The van der Waals surface area contributed by atoms with E-state index in [2.05, 4.69) is 10.3 Å². The Bertz CT molecular complexity index is 938. The van der Waals surface area contributed by atoms with Gasteiger partial charge >= 0.3 is 0 Å². The highest BCUT2D eigenvalue weighted by atomic mass is 16.5. The number of nitrogens with zero attached hydrogens (tertiary/aromatic N) is 1. The van der Waals surface area contributed by atoms with Gasteiger partial charge in [0.25, 0.3) is 0 Å². The second-order valence-corrected chi connectivity index (χ2v) is 5.77. The fourth-order valence-electron chi connectivity index (χ4n) is 2.84. The van der Waals surface area contributed by atoms with E-state index in [1.54, 1.807) is 13.1 Å². The summed E-state index contributed by atoms with van der Waals surface area (Å²) in [6.07, 6.45) is 1.73. The Kier molecular flexibility index (Phi) is 5.37. The molecule has 0 aliphatic carbocycles. The van der Waals surface area contributed by atoms with Gasteiger partial charge in [0, 0.05) is 34.6 Å². The van der Waals surface area contributed by atoms with Crippen LogP contribution in [0.15, 0.2) is 48.7 Å². The lowest BCUT2D eigenvalue weighted by Crippen LogP contribution is -2.02. The highest BCUT2D eigenvalue weighted by molar-refractivity contribution is 6.02. The molecule has 134 valence electrons. The maximum absolute atomic E-state index is 11.9. The predicted octanol–water partition coefficient (Wildman–Crippen LogP) is 4.98. The molecule has 0 fully saturated rings. The van der Waals surface area contributed by atoms with E-state index in [0.29, 0.717) is 30.3 Å². The van der Waals surface area contributed by atoms with Crippen LogP contribution >= 0.6 is 0 Å². The second-order valence-electron chi connectivity index (χ2n) is 5.77. The molecule has 0 bridgehead atoms. The summed E-state index contributed by atoms with van der Waals surface area (Å²) in [6, 6.07) is 13.1. The van der Waals surface area contributed by atoms with E-state index < -0.39 is 0 Å². The highest BCUT2D eigenvalue weighted by Crippen LogP contribution is 2.36. The molecule has 0 amide bonds. The molecule has 3 aromatic rings. The molecule has 0 unspecified atom stereocenters. The minimum atomic E-state index is 0.0140. The lowest BCUT2D eigenvalue weighted by atomic mass is 10.1. The first-order chi connectivity index (χ1) is 12.6. The van der Waals surface area contributed by atoms with Crippen LogP contribution in [0, 0.1) is 0 Å².